The normalized spacial score (nSPS) is 23.1. The number of para-hydroxylation sites is 1. The molecule has 1 fully saturated rings. The molecular formula is C24H27N2O3S-. The summed E-state index contributed by atoms with van der Waals surface area (Å²) in [5.74, 6) is 0. The molecule has 2 aromatic carbocycles. The molecule has 0 aromatic heterocycles. The van der Waals surface area contributed by atoms with Crippen LogP contribution >= 0.6 is 0 Å². The van der Waals surface area contributed by atoms with Gasteiger partial charge in [0.2, 0.25) is 0 Å². The van der Waals surface area contributed by atoms with Gasteiger partial charge in [0.1, 0.15) is 12.3 Å². The molecule has 2 aliphatic rings. The van der Waals surface area contributed by atoms with Crippen LogP contribution in [0.1, 0.15) is 25.0 Å². The first-order valence-electron chi connectivity index (χ1n) is 10.0. The second-order valence-corrected chi connectivity index (χ2v) is 9.41. The third kappa shape index (κ3) is 3.39. The molecule has 30 heavy (non-hydrogen) atoms. The van der Waals surface area contributed by atoms with E-state index in [9.17, 15) is 8.76 Å². The lowest BCUT2D eigenvalue weighted by atomic mass is 9.92. The molecule has 2 heterocycles. The van der Waals surface area contributed by atoms with Crippen LogP contribution in [0.15, 0.2) is 66.1 Å². The number of benzene rings is 2. The number of hydrogen-bond donors (Lipinski definition) is 0. The van der Waals surface area contributed by atoms with E-state index in [2.05, 4.69) is 60.6 Å². The van der Waals surface area contributed by atoms with Crippen LogP contribution in [0.3, 0.4) is 0 Å². The maximum Gasteiger partial charge on any atom is 0.135 e. The lowest BCUT2D eigenvalue weighted by molar-refractivity contribution is 0.0651. The maximum atomic E-state index is 11.8. The Morgan fingerprint density at radius 2 is 1.97 bits per heavy atom. The van der Waals surface area contributed by atoms with Gasteiger partial charge in [0.15, 0.2) is 0 Å². The minimum absolute atomic E-state index is 0.178. The van der Waals surface area contributed by atoms with Gasteiger partial charge in [0.05, 0.1) is 11.2 Å². The van der Waals surface area contributed by atoms with Crippen LogP contribution in [-0.2, 0) is 22.2 Å². The van der Waals surface area contributed by atoms with E-state index in [4.69, 9.17) is 4.74 Å². The second kappa shape index (κ2) is 7.69. The molecule has 0 amide bonds. The number of ether oxygens (including phenoxy) is 1. The zero-order chi connectivity index (χ0) is 21.6. The van der Waals surface area contributed by atoms with Gasteiger partial charge in [-0.25, -0.2) is 0 Å². The van der Waals surface area contributed by atoms with Crippen molar-refractivity contribution >= 4 is 28.0 Å². The van der Waals surface area contributed by atoms with Crippen molar-refractivity contribution in [1.82, 2.24) is 0 Å². The number of nitrogens with zero attached hydrogens (tertiary/aromatic N) is 2. The molecule has 3 unspecified atom stereocenters. The summed E-state index contributed by atoms with van der Waals surface area (Å²) >= 11 is -2.30. The molecule has 6 heteroatoms. The maximum absolute atomic E-state index is 11.8. The van der Waals surface area contributed by atoms with Gasteiger partial charge in [0.25, 0.3) is 0 Å². The Morgan fingerprint density at radius 3 is 2.57 bits per heavy atom. The third-order valence-corrected chi connectivity index (χ3v) is 6.76. The first-order chi connectivity index (χ1) is 14.2. The van der Waals surface area contributed by atoms with Crippen molar-refractivity contribution in [2.75, 3.05) is 23.9 Å². The van der Waals surface area contributed by atoms with Crippen molar-refractivity contribution in [3.05, 3.63) is 72.3 Å². The summed E-state index contributed by atoms with van der Waals surface area (Å²) in [7, 11) is 4.03. The van der Waals surface area contributed by atoms with E-state index in [1.54, 1.807) is 12.1 Å². The average molecular weight is 424 g/mol. The fourth-order valence-corrected chi connectivity index (χ4v) is 5.02. The zero-order valence-corrected chi connectivity index (χ0v) is 18.6. The van der Waals surface area contributed by atoms with E-state index < -0.39 is 16.6 Å². The highest BCUT2D eigenvalue weighted by Crippen LogP contribution is 2.48. The van der Waals surface area contributed by atoms with E-state index in [1.165, 1.54) is 0 Å². The molecule has 2 aromatic rings. The summed E-state index contributed by atoms with van der Waals surface area (Å²) in [4.78, 5) is 4.53. The highest BCUT2D eigenvalue weighted by Gasteiger charge is 2.51. The quantitative estimate of drug-likeness (QED) is 0.535. The van der Waals surface area contributed by atoms with Gasteiger partial charge in [-0.15, -0.1) is 0 Å². The molecule has 158 valence electrons. The Balaban J connectivity index is 1.69. The Bertz CT molecular complexity index is 1030. The lowest BCUT2D eigenvalue weighted by Crippen LogP contribution is -2.46. The van der Waals surface area contributed by atoms with Gasteiger partial charge in [-0.05, 0) is 65.9 Å². The standard InChI is InChI=1S/C24H28N2O3S/c1-6-16(17-10-12-19(13-11-17)25(4)5)14-21-24(2,3)26-22(29-21)15-18-8-7-9-20(23(18)26)30(27)28/h6-14,21-22H,1,15H2,2-5H3,(H,27,28)/p-1. The van der Waals surface area contributed by atoms with Gasteiger partial charge in [-0.1, -0.05) is 36.9 Å². The molecule has 0 saturated carbocycles. The first kappa shape index (κ1) is 20.8. The molecule has 1 saturated heterocycles. The Morgan fingerprint density at radius 1 is 1.27 bits per heavy atom. The summed E-state index contributed by atoms with van der Waals surface area (Å²) in [5, 5.41) is 0. The van der Waals surface area contributed by atoms with Crippen LogP contribution < -0.4 is 9.80 Å². The zero-order valence-electron chi connectivity index (χ0n) is 17.8. The monoisotopic (exact) mass is 423 g/mol. The summed E-state index contributed by atoms with van der Waals surface area (Å²) in [6, 6.07) is 13.8. The molecule has 5 nitrogen and oxygen atoms in total. The van der Waals surface area contributed by atoms with Crippen molar-refractivity contribution < 1.29 is 13.5 Å². The molecule has 3 atom stereocenters. The summed E-state index contributed by atoms with van der Waals surface area (Å²) in [6.45, 7) is 8.20. The Kier molecular flexibility index (Phi) is 5.34. The first-order valence-corrected chi connectivity index (χ1v) is 11.1. The second-order valence-electron chi connectivity index (χ2n) is 8.51. The summed E-state index contributed by atoms with van der Waals surface area (Å²) < 4.78 is 30.1. The molecule has 0 bridgehead atoms. The number of anilines is 2. The Labute approximate surface area is 180 Å². The van der Waals surface area contributed by atoms with Crippen molar-refractivity contribution in [3.63, 3.8) is 0 Å². The molecule has 4 rings (SSSR count). The van der Waals surface area contributed by atoms with Gasteiger partial charge < -0.3 is 19.1 Å². The van der Waals surface area contributed by atoms with Crippen LogP contribution in [0.4, 0.5) is 11.4 Å². The van der Waals surface area contributed by atoms with Gasteiger partial charge in [0, 0.05) is 31.1 Å². The van der Waals surface area contributed by atoms with E-state index in [0.29, 0.717) is 11.3 Å². The van der Waals surface area contributed by atoms with Gasteiger partial charge in [-0.2, -0.15) is 0 Å². The SMILES string of the molecule is C=CC(=CC1OC2Cc3cccc(S(=O)[O-])c3N2C1(C)C)c1ccc(N(C)C)cc1. The smallest absolute Gasteiger partial charge is 0.135 e. The number of rotatable bonds is 5. The fourth-order valence-electron chi connectivity index (χ4n) is 4.45. The molecule has 0 spiro atoms. The average Bonchev–Trinajstić information content (AvgIpc) is 3.20. The highest BCUT2D eigenvalue weighted by molar-refractivity contribution is 7.79. The molecule has 0 radical (unpaired) electrons. The number of hydrogen-bond acceptors (Lipinski definition) is 5. The number of fused-ring (bicyclic) bond motifs is 3. The summed E-state index contributed by atoms with van der Waals surface area (Å²) in [5.41, 5.74) is 4.58. The van der Waals surface area contributed by atoms with Gasteiger partial charge >= 0.3 is 0 Å². The van der Waals surface area contributed by atoms with Crippen LogP contribution in [-0.4, -0.2) is 40.7 Å². The lowest BCUT2D eigenvalue weighted by Gasteiger charge is -2.35. The van der Waals surface area contributed by atoms with Crippen LogP contribution in [0.5, 0.6) is 0 Å². The van der Waals surface area contributed by atoms with E-state index >= 15 is 0 Å². The summed E-state index contributed by atoms with van der Waals surface area (Å²) in [6.07, 6.45) is 4.25. The van der Waals surface area contributed by atoms with Crippen LogP contribution in [0, 0.1) is 0 Å². The van der Waals surface area contributed by atoms with Crippen LogP contribution in [0.2, 0.25) is 0 Å². The predicted molar refractivity (Wildman–Crippen MR) is 121 cm³/mol. The van der Waals surface area contributed by atoms with Crippen LogP contribution in [0.25, 0.3) is 5.57 Å². The number of allylic oxidation sites excluding steroid dienone is 2. The molecule has 0 N–H and O–H groups in total. The van der Waals surface area contributed by atoms with E-state index in [-0.39, 0.29) is 12.3 Å². The highest BCUT2D eigenvalue weighted by atomic mass is 32.2. The van der Waals surface area contributed by atoms with Crippen molar-refractivity contribution in [2.24, 2.45) is 0 Å². The topological polar surface area (TPSA) is 55.8 Å². The minimum Gasteiger partial charge on any atom is -0.768 e. The Hall–Kier alpha value is -2.41. The fraction of sp³-hybridized carbons (Fsp3) is 0.333. The molecular weight excluding hydrogens is 396 g/mol. The van der Waals surface area contributed by atoms with Gasteiger partial charge in [-0.3, -0.25) is 4.21 Å². The minimum atomic E-state index is -2.30. The predicted octanol–water partition coefficient (Wildman–Crippen LogP) is 4.13. The van der Waals surface area contributed by atoms with E-state index in [1.807, 2.05) is 26.2 Å². The van der Waals surface area contributed by atoms with E-state index in [0.717, 1.165) is 28.1 Å². The van der Waals surface area contributed by atoms with Crippen molar-refractivity contribution in [3.8, 4) is 0 Å². The van der Waals surface area contributed by atoms with Crippen molar-refractivity contribution in [1.29, 1.82) is 0 Å². The molecule has 2 aliphatic heterocycles. The van der Waals surface area contributed by atoms with Crippen molar-refractivity contribution in [2.45, 2.75) is 43.0 Å². The largest absolute Gasteiger partial charge is 0.768 e. The third-order valence-electron chi connectivity index (χ3n) is 6.07. The molecule has 0 aliphatic carbocycles.